The van der Waals surface area contributed by atoms with E-state index >= 15 is 0 Å². The smallest absolute Gasteiger partial charge is 0.0998 e. The van der Waals surface area contributed by atoms with Gasteiger partial charge in [-0.05, 0) is 30.7 Å². The molecule has 0 spiro atoms. The van der Waals surface area contributed by atoms with Gasteiger partial charge < -0.3 is 5.32 Å². The number of nitriles is 1. The largest absolute Gasteiger partial charge is 0.381 e. The van der Waals surface area contributed by atoms with E-state index in [0.29, 0.717) is 6.04 Å². The second-order valence-electron chi connectivity index (χ2n) is 4.88. The Labute approximate surface area is 117 Å². The summed E-state index contributed by atoms with van der Waals surface area (Å²) in [6.07, 6.45) is 2.53. The monoisotopic (exact) mass is 268 g/mol. The Morgan fingerprint density at radius 2 is 2.00 bits per heavy atom. The van der Waals surface area contributed by atoms with Crippen LogP contribution in [0, 0.1) is 11.3 Å². The predicted octanol–water partition coefficient (Wildman–Crippen LogP) is 4.02. The summed E-state index contributed by atoms with van der Waals surface area (Å²) in [6.45, 7) is 0. The van der Waals surface area contributed by atoms with Gasteiger partial charge in [-0.15, -0.1) is 0 Å². The zero-order valence-electron chi connectivity index (χ0n) is 10.7. The second kappa shape index (κ2) is 5.54. The Morgan fingerprint density at radius 3 is 2.74 bits per heavy atom. The predicted molar refractivity (Wildman–Crippen MR) is 82.6 cm³/mol. The maximum Gasteiger partial charge on any atom is 0.0998 e. The van der Waals surface area contributed by atoms with Crippen molar-refractivity contribution in [1.29, 1.82) is 5.26 Å². The van der Waals surface area contributed by atoms with E-state index in [2.05, 4.69) is 17.5 Å². The van der Waals surface area contributed by atoms with Crippen molar-refractivity contribution in [3.63, 3.8) is 0 Å². The van der Waals surface area contributed by atoms with E-state index in [-0.39, 0.29) is 0 Å². The van der Waals surface area contributed by atoms with Crippen LogP contribution in [0.4, 0.5) is 5.69 Å². The highest BCUT2D eigenvalue weighted by Crippen LogP contribution is 2.29. The average molecular weight is 268 g/mol. The van der Waals surface area contributed by atoms with Gasteiger partial charge in [0.05, 0.1) is 11.6 Å². The fraction of sp³-hybridized carbons (Fsp3) is 0.312. The van der Waals surface area contributed by atoms with Crippen LogP contribution in [-0.2, 0) is 0 Å². The fourth-order valence-electron chi connectivity index (χ4n) is 2.60. The van der Waals surface area contributed by atoms with Gasteiger partial charge in [0.1, 0.15) is 0 Å². The quantitative estimate of drug-likeness (QED) is 0.893. The molecule has 0 aromatic heterocycles. The van der Waals surface area contributed by atoms with Crippen molar-refractivity contribution in [3.8, 4) is 6.07 Å². The Kier molecular flexibility index (Phi) is 3.61. The first-order valence-electron chi connectivity index (χ1n) is 6.64. The molecule has 2 aromatic carbocycles. The van der Waals surface area contributed by atoms with E-state index in [1.54, 1.807) is 0 Å². The van der Waals surface area contributed by atoms with Crippen LogP contribution in [0.25, 0.3) is 10.8 Å². The van der Waals surface area contributed by atoms with Gasteiger partial charge in [-0.25, -0.2) is 0 Å². The lowest BCUT2D eigenvalue weighted by atomic mass is 10.0. The highest BCUT2D eigenvalue weighted by Gasteiger charge is 2.14. The number of fused-ring (bicyclic) bond motifs is 1. The molecule has 3 rings (SSSR count). The summed E-state index contributed by atoms with van der Waals surface area (Å²) < 4.78 is 0. The molecule has 0 saturated carbocycles. The molecule has 0 radical (unpaired) electrons. The van der Waals surface area contributed by atoms with Crippen molar-refractivity contribution < 1.29 is 0 Å². The maximum absolute atomic E-state index is 9.17. The Hall–Kier alpha value is -1.66. The lowest BCUT2D eigenvalue weighted by Crippen LogP contribution is -2.25. The molecule has 96 valence electrons. The molecule has 1 heterocycles. The van der Waals surface area contributed by atoms with Gasteiger partial charge >= 0.3 is 0 Å². The molecule has 2 aromatic rings. The maximum atomic E-state index is 9.17. The van der Waals surface area contributed by atoms with Crippen LogP contribution in [0.1, 0.15) is 18.4 Å². The van der Waals surface area contributed by atoms with Crippen molar-refractivity contribution in [2.24, 2.45) is 0 Å². The van der Waals surface area contributed by atoms with Crippen LogP contribution < -0.4 is 5.32 Å². The molecule has 2 nitrogen and oxygen atoms in total. The van der Waals surface area contributed by atoms with Gasteiger partial charge in [0.15, 0.2) is 0 Å². The van der Waals surface area contributed by atoms with Crippen LogP contribution in [0.2, 0.25) is 0 Å². The zero-order chi connectivity index (χ0) is 13.1. The minimum Gasteiger partial charge on any atom is -0.381 e. The Balaban J connectivity index is 1.97. The summed E-state index contributed by atoms with van der Waals surface area (Å²) in [5.41, 5.74) is 1.90. The normalized spacial score (nSPS) is 19.0. The molecule has 1 saturated heterocycles. The van der Waals surface area contributed by atoms with Crippen molar-refractivity contribution in [1.82, 2.24) is 0 Å². The first-order chi connectivity index (χ1) is 9.38. The fourth-order valence-corrected chi connectivity index (χ4v) is 3.67. The second-order valence-corrected chi connectivity index (χ2v) is 6.03. The van der Waals surface area contributed by atoms with Crippen LogP contribution in [-0.4, -0.2) is 17.5 Å². The number of nitrogens with one attached hydrogen (secondary N) is 1. The molecule has 1 aliphatic rings. The summed E-state index contributed by atoms with van der Waals surface area (Å²) in [7, 11) is 0. The number of anilines is 1. The van der Waals surface area contributed by atoms with Crippen molar-refractivity contribution in [2.75, 3.05) is 16.8 Å². The van der Waals surface area contributed by atoms with E-state index in [9.17, 15) is 5.26 Å². The Morgan fingerprint density at radius 1 is 1.16 bits per heavy atom. The van der Waals surface area contributed by atoms with E-state index < -0.39 is 0 Å². The van der Waals surface area contributed by atoms with Crippen molar-refractivity contribution in [2.45, 2.75) is 18.9 Å². The highest BCUT2D eigenvalue weighted by molar-refractivity contribution is 7.99. The third kappa shape index (κ3) is 2.54. The standard InChI is InChI=1S/C16H16N2S/c17-10-12-7-8-16(15-6-2-1-5-14(12)15)18-13-4-3-9-19-11-13/h1-2,5-8,13,18H,3-4,9,11H2. The topological polar surface area (TPSA) is 35.8 Å². The van der Waals surface area contributed by atoms with Gasteiger partial charge in [0.25, 0.3) is 0 Å². The van der Waals surface area contributed by atoms with Crippen LogP contribution in [0.15, 0.2) is 36.4 Å². The minimum absolute atomic E-state index is 0.551. The lowest BCUT2D eigenvalue weighted by Gasteiger charge is -2.24. The number of hydrogen-bond donors (Lipinski definition) is 1. The van der Waals surface area contributed by atoms with Gasteiger partial charge in [-0.2, -0.15) is 17.0 Å². The molecule has 0 bridgehead atoms. The molecule has 19 heavy (non-hydrogen) atoms. The number of thioether (sulfide) groups is 1. The summed E-state index contributed by atoms with van der Waals surface area (Å²) >= 11 is 2.02. The number of rotatable bonds is 2. The van der Waals surface area contributed by atoms with Crippen LogP contribution in [0.3, 0.4) is 0 Å². The van der Waals surface area contributed by atoms with Gasteiger partial charge in [0.2, 0.25) is 0 Å². The molecule has 1 fully saturated rings. The van der Waals surface area contributed by atoms with Crippen molar-refractivity contribution in [3.05, 3.63) is 42.0 Å². The van der Waals surface area contributed by atoms with E-state index in [1.165, 1.54) is 24.3 Å². The van der Waals surface area contributed by atoms with E-state index in [0.717, 1.165) is 22.0 Å². The first kappa shape index (κ1) is 12.4. The SMILES string of the molecule is N#Cc1ccc(NC2CCCSC2)c2ccccc12. The first-order valence-corrected chi connectivity index (χ1v) is 7.80. The molecular weight excluding hydrogens is 252 g/mol. The summed E-state index contributed by atoms with van der Waals surface area (Å²) in [5, 5.41) is 15.0. The molecule has 1 unspecified atom stereocenters. The summed E-state index contributed by atoms with van der Waals surface area (Å²) in [6, 6.07) is 14.9. The molecular formula is C16H16N2S. The minimum atomic E-state index is 0.551. The van der Waals surface area contributed by atoms with Gasteiger partial charge in [-0.1, -0.05) is 24.3 Å². The molecule has 1 atom stereocenters. The lowest BCUT2D eigenvalue weighted by molar-refractivity contribution is 0.686. The van der Waals surface area contributed by atoms with Crippen LogP contribution in [0.5, 0.6) is 0 Å². The van der Waals surface area contributed by atoms with Crippen molar-refractivity contribution >= 4 is 28.2 Å². The summed E-state index contributed by atoms with van der Waals surface area (Å²) in [4.78, 5) is 0. The summed E-state index contributed by atoms with van der Waals surface area (Å²) in [5.74, 6) is 2.46. The molecule has 1 aliphatic heterocycles. The zero-order valence-corrected chi connectivity index (χ0v) is 11.5. The van der Waals surface area contributed by atoms with Gasteiger partial charge in [-0.3, -0.25) is 0 Å². The molecule has 0 aliphatic carbocycles. The number of nitrogens with zero attached hydrogens (tertiary/aromatic N) is 1. The highest BCUT2D eigenvalue weighted by atomic mass is 32.2. The average Bonchev–Trinajstić information content (AvgIpc) is 2.49. The van der Waals surface area contributed by atoms with Gasteiger partial charge in [0, 0.05) is 28.3 Å². The third-order valence-electron chi connectivity index (χ3n) is 3.56. The molecule has 3 heteroatoms. The number of benzene rings is 2. The third-order valence-corrected chi connectivity index (χ3v) is 4.78. The molecule has 1 N–H and O–H groups in total. The number of hydrogen-bond acceptors (Lipinski definition) is 3. The Bertz CT molecular complexity index is 624. The van der Waals surface area contributed by atoms with Crippen LogP contribution >= 0.6 is 11.8 Å². The van der Waals surface area contributed by atoms with E-state index in [4.69, 9.17) is 0 Å². The van der Waals surface area contributed by atoms with E-state index in [1.807, 2.05) is 42.1 Å². The molecule has 0 amide bonds.